The molecule has 1 aromatic rings. The lowest BCUT2D eigenvalue weighted by atomic mass is 10.2. The summed E-state index contributed by atoms with van der Waals surface area (Å²) in [5, 5.41) is 22.3. The van der Waals surface area contributed by atoms with Crippen LogP contribution in [0.15, 0.2) is 17.4 Å². The molecule has 2 N–H and O–H groups in total. The van der Waals surface area contributed by atoms with Gasteiger partial charge >= 0.3 is 0 Å². The molecule has 1 aliphatic rings. The zero-order chi connectivity index (χ0) is 13.8. The third-order valence-electron chi connectivity index (χ3n) is 3.53. The molecule has 0 unspecified atom stereocenters. The average molecular weight is 264 g/mol. The number of aryl methyl sites for hydroxylation is 1. The van der Waals surface area contributed by atoms with Crippen molar-refractivity contribution in [1.29, 1.82) is 0 Å². The highest BCUT2D eigenvalue weighted by Crippen LogP contribution is 2.17. The quantitative estimate of drug-likeness (QED) is 0.359. The zero-order valence-corrected chi connectivity index (χ0v) is 11.4. The second-order valence-corrected chi connectivity index (χ2v) is 4.67. The molecule has 0 radical (unpaired) electrons. The number of piperazine rings is 1. The number of pyridine rings is 1. The number of hydrogen-bond donors (Lipinski definition) is 2. The first-order chi connectivity index (χ1) is 9.15. The summed E-state index contributed by atoms with van der Waals surface area (Å²) in [5.41, 5.74) is 1.20. The lowest BCUT2D eigenvalue weighted by molar-refractivity contribution is 0.185. The minimum atomic E-state index is 0.117. The van der Waals surface area contributed by atoms with Gasteiger partial charge < -0.3 is 20.1 Å². The van der Waals surface area contributed by atoms with Crippen molar-refractivity contribution >= 4 is 5.84 Å². The Morgan fingerprint density at radius 2 is 2.05 bits per heavy atom. The monoisotopic (exact) mass is 264 g/mol. The molecular formula is C13H20N4O2. The minimum absolute atomic E-state index is 0.117. The van der Waals surface area contributed by atoms with Crippen molar-refractivity contribution in [2.24, 2.45) is 5.16 Å². The fourth-order valence-corrected chi connectivity index (χ4v) is 2.22. The lowest BCUT2D eigenvalue weighted by Gasteiger charge is -2.35. The van der Waals surface area contributed by atoms with Crippen molar-refractivity contribution in [1.82, 2.24) is 14.8 Å². The fourth-order valence-electron chi connectivity index (χ4n) is 2.22. The highest BCUT2D eigenvalue weighted by Gasteiger charge is 2.21. The van der Waals surface area contributed by atoms with Crippen LogP contribution in [0.2, 0.25) is 0 Å². The van der Waals surface area contributed by atoms with Gasteiger partial charge in [0.2, 0.25) is 0 Å². The molecule has 1 aromatic heterocycles. The Bertz CT molecular complexity index is 468. The maximum atomic E-state index is 9.70. The highest BCUT2D eigenvalue weighted by molar-refractivity contribution is 5.98. The van der Waals surface area contributed by atoms with Crippen LogP contribution in [-0.4, -0.2) is 63.7 Å². The number of nitrogens with zero attached hydrogens (tertiary/aromatic N) is 4. The number of aromatic hydroxyl groups is 1. The summed E-state index contributed by atoms with van der Waals surface area (Å²) in [6.45, 7) is 8.41. The third kappa shape index (κ3) is 2.96. The van der Waals surface area contributed by atoms with Crippen LogP contribution in [-0.2, 0) is 0 Å². The summed E-state index contributed by atoms with van der Waals surface area (Å²) in [7, 11) is 0. The maximum Gasteiger partial charge on any atom is 0.177 e. The number of rotatable bonds is 2. The molecule has 2 rings (SSSR count). The molecule has 0 spiro atoms. The van der Waals surface area contributed by atoms with E-state index in [-0.39, 0.29) is 5.75 Å². The molecule has 104 valence electrons. The lowest BCUT2D eigenvalue weighted by Crippen LogP contribution is -2.48. The van der Waals surface area contributed by atoms with Gasteiger partial charge in [0.25, 0.3) is 0 Å². The van der Waals surface area contributed by atoms with E-state index in [9.17, 15) is 10.3 Å². The van der Waals surface area contributed by atoms with Crippen LogP contribution in [0.5, 0.6) is 5.75 Å². The van der Waals surface area contributed by atoms with Crippen LogP contribution in [0.4, 0.5) is 0 Å². The molecule has 1 aliphatic heterocycles. The van der Waals surface area contributed by atoms with Gasteiger partial charge in [-0.1, -0.05) is 12.1 Å². The van der Waals surface area contributed by atoms with Gasteiger partial charge in [0.05, 0.1) is 5.69 Å². The summed E-state index contributed by atoms with van der Waals surface area (Å²) in [6, 6.07) is 1.59. The van der Waals surface area contributed by atoms with Gasteiger partial charge in [-0.2, -0.15) is 0 Å². The number of oxime groups is 1. The van der Waals surface area contributed by atoms with Gasteiger partial charge in [-0.15, -0.1) is 0 Å². The van der Waals surface area contributed by atoms with E-state index in [0.717, 1.165) is 32.7 Å². The molecule has 2 heterocycles. The average Bonchev–Trinajstić information content (AvgIpc) is 2.44. The molecule has 1 saturated heterocycles. The molecule has 0 aromatic carbocycles. The Morgan fingerprint density at radius 3 is 2.58 bits per heavy atom. The predicted molar refractivity (Wildman–Crippen MR) is 72.6 cm³/mol. The van der Waals surface area contributed by atoms with Crippen molar-refractivity contribution in [3.8, 4) is 5.75 Å². The normalized spacial score (nSPS) is 17.8. The predicted octanol–water partition coefficient (Wildman–Crippen LogP) is 0.869. The Hall–Kier alpha value is -1.82. The van der Waals surface area contributed by atoms with E-state index in [2.05, 4.69) is 22.0 Å². The number of hydrogen-bond acceptors (Lipinski definition) is 5. The van der Waals surface area contributed by atoms with Crippen LogP contribution in [0.3, 0.4) is 0 Å². The Kier molecular flexibility index (Phi) is 4.21. The molecule has 0 saturated carbocycles. The number of amidine groups is 1. The van der Waals surface area contributed by atoms with Gasteiger partial charge in [0.1, 0.15) is 5.75 Å². The van der Waals surface area contributed by atoms with E-state index >= 15 is 0 Å². The van der Waals surface area contributed by atoms with E-state index in [1.807, 2.05) is 4.90 Å². The molecule has 0 aliphatic carbocycles. The van der Waals surface area contributed by atoms with E-state index in [1.54, 1.807) is 19.2 Å². The van der Waals surface area contributed by atoms with Crippen LogP contribution in [0.1, 0.15) is 18.2 Å². The van der Waals surface area contributed by atoms with Crippen molar-refractivity contribution in [3.05, 3.63) is 23.5 Å². The van der Waals surface area contributed by atoms with E-state index in [1.165, 1.54) is 0 Å². The van der Waals surface area contributed by atoms with Gasteiger partial charge in [-0.05, 0) is 19.5 Å². The second kappa shape index (κ2) is 5.88. The second-order valence-electron chi connectivity index (χ2n) is 4.67. The van der Waals surface area contributed by atoms with Gasteiger partial charge in [0, 0.05) is 37.9 Å². The Morgan fingerprint density at radius 1 is 1.37 bits per heavy atom. The van der Waals surface area contributed by atoms with Crippen molar-refractivity contribution in [2.45, 2.75) is 13.8 Å². The van der Waals surface area contributed by atoms with E-state index in [0.29, 0.717) is 17.1 Å². The van der Waals surface area contributed by atoms with E-state index in [4.69, 9.17) is 0 Å². The van der Waals surface area contributed by atoms with Crippen molar-refractivity contribution in [3.63, 3.8) is 0 Å². The van der Waals surface area contributed by atoms with Crippen LogP contribution >= 0.6 is 0 Å². The van der Waals surface area contributed by atoms with Gasteiger partial charge in [0.15, 0.2) is 5.84 Å². The maximum absolute atomic E-state index is 9.70. The minimum Gasteiger partial charge on any atom is -0.506 e. The molecule has 0 amide bonds. The summed E-state index contributed by atoms with van der Waals surface area (Å²) in [4.78, 5) is 8.45. The summed E-state index contributed by atoms with van der Waals surface area (Å²) >= 11 is 0. The summed E-state index contributed by atoms with van der Waals surface area (Å²) in [6.07, 6.45) is 1.62. The van der Waals surface area contributed by atoms with Gasteiger partial charge in [-0.25, -0.2) is 0 Å². The molecule has 6 heteroatoms. The molecule has 0 atom stereocenters. The van der Waals surface area contributed by atoms with E-state index < -0.39 is 0 Å². The first-order valence-corrected chi connectivity index (χ1v) is 6.51. The number of aromatic nitrogens is 1. The molecule has 19 heavy (non-hydrogen) atoms. The number of likely N-dealkylation sites (N-methyl/N-ethyl adjacent to an activating group) is 1. The molecule has 1 fully saturated rings. The first kappa shape index (κ1) is 13.6. The van der Waals surface area contributed by atoms with Crippen LogP contribution < -0.4 is 0 Å². The smallest absolute Gasteiger partial charge is 0.177 e. The zero-order valence-electron chi connectivity index (χ0n) is 11.4. The highest BCUT2D eigenvalue weighted by atomic mass is 16.4. The largest absolute Gasteiger partial charge is 0.506 e. The SMILES string of the molecule is CCN1CCN(/C(=N/O)c2cnc(C)c(O)c2)CC1. The summed E-state index contributed by atoms with van der Waals surface area (Å²) < 4.78 is 0. The molecule has 0 bridgehead atoms. The van der Waals surface area contributed by atoms with Crippen LogP contribution in [0, 0.1) is 6.92 Å². The topological polar surface area (TPSA) is 72.2 Å². The summed E-state index contributed by atoms with van der Waals surface area (Å²) in [5.74, 6) is 0.587. The van der Waals surface area contributed by atoms with Gasteiger partial charge in [-0.3, -0.25) is 4.98 Å². The Balaban J connectivity index is 2.15. The molecular weight excluding hydrogens is 244 g/mol. The molecule has 6 nitrogen and oxygen atoms in total. The Labute approximate surface area is 113 Å². The first-order valence-electron chi connectivity index (χ1n) is 6.51. The standard InChI is InChI=1S/C13H20N4O2/c1-3-16-4-6-17(7-5-16)13(15-19)11-8-12(18)10(2)14-9-11/h8-9,18-19H,3-7H2,1-2H3/b15-13+. The third-order valence-corrected chi connectivity index (χ3v) is 3.53. The van der Waals surface area contributed by atoms with Crippen LogP contribution in [0.25, 0.3) is 0 Å². The van der Waals surface area contributed by atoms with Crippen molar-refractivity contribution in [2.75, 3.05) is 32.7 Å². The van der Waals surface area contributed by atoms with Crippen molar-refractivity contribution < 1.29 is 10.3 Å². The fraction of sp³-hybridized carbons (Fsp3) is 0.538.